The molecule has 2 amide bonds. The van der Waals surface area contributed by atoms with Crippen molar-refractivity contribution in [3.63, 3.8) is 0 Å². The molecule has 0 aliphatic carbocycles. The Balaban J connectivity index is 0.930. The van der Waals surface area contributed by atoms with Gasteiger partial charge in [-0.3, -0.25) is 19.4 Å². The Bertz CT molecular complexity index is 2360. The molecule has 0 radical (unpaired) electrons. The van der Waals surface area contributed by atoms with Crippen molar-refractivity contribution in [2.24, 2.45) is 0 Å². The van der Waals surface area contributed by atoms with Gasteiger partial charge in [0.05, 0.1) is 34.2 Å². The largest absolute Gasteiger partial charge is 0.456 e. The van der Waals surface area contributed by atoms with Gasteiger partial charge in [0.2, 0.25) is 11.8 Å². The molecule has 5 heterocycles. The number of nitrogens with one attached hydrogen (secondary N) is 2. The minimum Gasteiger partial charge on any atom is -0.456 e. The molecular formula is C46H48N8O3. The highest BCUT2D eigenvalue weighted by Gasteiger charge is 2.38. The molecule has 9 rings (SSSR count). The molecule has 0 bridgehead atoms. The molecular weight excluding hydrogens is 713 g/mol. The van der Waals surface area contributed by atoms with E-state index in [1.807, 2.05) is 145 Å². The van der Waals surface area contributed by atoms with Crippen LogP contribution in [0.25, 0.3) is 44.7 Å². The van der Waals surface area contributed by atoms with Gasteiger partial charge in [0.1, 0.15) is 35.3 Å². The number of likely N-dealkylation sites (N-methyl/N-ethyl adjacent to an activating group) is 2. The van der Waals surface area contributed by atoms with Crippen molar-refractivity contribution < 1.29 is 14.0 Å². The number of carbonyl (C=O) groups excluding carboxylic acids is 2. The first-order valence-electron chi connectivity index (χ1n) is 19.9. The monoisotopic (exact) mass is 760 g/mol. The van der Waals surface area contributed by atoms with Gasteiger partial charge in [-0.05, 0) is 114 Å². The highest BCUT2D eigenvalue weighted by atomic mass is 16.3. The first-order valence-corrected chi connectivity index (χ1v) is 19.9. The zero-order valence-electron chi connectivity index (χ0n) is 32.9. The fraction of sp³-hybridized carbons (Fsp3) is 0.304. The maximum Gasteiger partial charge on any atom is 0.245 e. The molecule has 57 heavy (non-hydrogen) atoms. The Labute approximate surface area is 332 Å². The molecule has 7 aromatic rings. The van der Waals surface area contributed by atoms with Crippen molar-refractivity contribution in [3.8, 4) is 22.6 Å². The van der Waals surface area contributed by atoms with E-state index in [4.69, 9.17) is 14.4 Å². The average Bonchev–Trinajstić information content (AvgIpc) is 4.06. The van der Waals surface area contributed by atoms with E-state index in [9.17, 15) is 9.59 Å². The van der Waals surface area contributed by atoms with Crippen LogP contribution in [0.15, 0.2) is 114 Å². The molecule has 2 saturated heterocycles. The van der Waals surface area contributed by atoms with Gasteiger partial charge in [0.25, 0.3) is 0 Å². The lowest BCUT2D eigenvalue weighted by atomic mass is 10.0. The van der Waals surface area contributed by atoms with E-state index in [1.165, 1.54) is 0 Å². The number of fused-ring (bicyclic) bond motifs is 2. The second-order valence-electron chi connectivity index (χ2n) is 15.8. The van der Waals surface area contributed by atoms with Crippen molar-refractivity contribution in [3.05, 3.63) is 132 Å². The third-order valence-electron chi connectivity index (χ3n) is 11.6. The zero-order chi connectivity index (χ0) is 39.2. The zero-order valence-corrected chi connectivity index (χ0v) is 32.9. The predicted molar refractivity (Wildman–Crippen MR) is 222 cm³/mol. The number of carbonyl (C=O) groups is 2. The van der Waals surface area contributed by atoms with Crippen LogP contribution in [0.3, 0.4) is 0 Å². The summed E-state index contributed by atoms with van der Waals surface area (Å²) in [6, 6.07) is 35.2. The number of likely N-dealkylation sites (tertiary alicyclic amines) is 2. The summed E-state index contributed by atoms with van der Waals surface area (Å²) in [5.74, 6) is 3.30. The third kappa shape index (κ3) is 6.91. The third-order valence-corrected chi connectivity index (χ3v) is 11.6. The molecule has 0 spiro atoms. The van der Waals surface area contributed by atoms with Gasteiger partial charge >= 0.3 is 0 Å². The molecule has 4 aromatic carbocycles. The summed E-state index contributed by atoms with van der Waals surface area (Å²) in [7, 11) is 7.83. The molecule has 3 aromatic heterocycles. The van der Waals surface area contributed by atoms with Crippen molar-refractivity contribution in [1.82, 2.24) is 39.5 Å². The van der Waals surface area contributed by atoms with Crippen molar-refractivity contribution >= 4 is 33.9 Å². The summed E-state index contributed by atoms with van der Waals surface area (Å²) < 4.78 is 6.46. The summed E-state index contributed by atoms with van der Waals surface area (Å²) in [6.45, 7) is 1.41. The normalized spacial score (nSPS) is 18.4. The molecule has 4 atom stereocenters. The van der Waals surface area contributed by atoms with Crippen LogP contribution >= 0.6 is 0 Å². The Morgan fingerprint density at radius 3 is 1.44 bits per heavy atom. The molecule has 290 valence electrons. The fourth-order valence-corrected chi connectivity index (χ4v) is 8.87. The van der Waals surface area contributed by atoms with E-state index < -0.39 is 0 Å². The van der Waals surface area contributed by atoms with Crippen molar-refractivity contribution in [2.75, 3.05) is 41.3 Å². The summed E-state index contributed by atoms with van der Waals surface area (Å²) in [5.41, 5.74) is 7.35. The van der Waals surface area contributed by atoms with Gasteiger partial charge in [-0.25, -0.2) is 9.97 Å². The molecule has 2 N–H and O–H groups in total. The summed E-state index contributed by atoms with van der Waals surface area (Å²) >= 11 is 0. The molecule has 2 fully saturated rings. The van der Waals surface area contributed by atoms with E-state index in [1.54, 1.807) is 0 Å². The van der Waals surface area contributed by atoms with E-state index in [-0.39, 0.29) is 36.0 Å². The van der Waals surface area contributed by atoms with Crippen molar-refractivity contribution in [2.45, 2.75) is 49.9 Å². The van der Waals surface area contributed by atoms with Gasteiger partial charge in [0.15, 0.2) is 0 Å². The molecule has 11 nitrogen and oxygen atoms in total. The van der Waals surface area contributed by atoms with Crippen LogP contribution < -0.4 is 0 Å². The first-order chi connectivity index (χ1) is 27.7. The number of amides is 2. The lowest BCUT2D eigenvalue weighted by Gasteiger charge is -2.31. The second kappa shape index (κ2) is 15.1. The van der Waals surface area contributed by atoms with Gasteiger partial charge in [-0.1, -0.05) is 60.7 Å². The Morgan fingerprint density at radius 1 is 0.614 bits per heavy atom. The minimum atomic E-state index is -0.360. The fourth-order valence-electron chi connectivity index (χ4n) is 8.87. The van der Waals surface area contributed by atoms with Gasteiger partial charge < -0.3 is 24.2 Å². The number of rotatable bonds is 10. The Kier molecular flexibility index (Phi) is 9.71. The van der Waals surface area contributed by atoms with Gasteiger partial charge in [-0.2, -0.15) is 0 Å². The average molecular weight is 761 g/mol. The van der Waals surface area contributed by atoms with Crippen LogP contribution in [0.5, 0.6) is 0 Å². The first kappa shape index (κ1) is 36.6. The molecule has 11 heteroatoms. The molecule has 0 unspecified atom stereocenters. The standard InChI is InChI=1S/C46H48N8O3/c1-51(2)41(29-13-7-5-8-14-29)45(55)53-25-11-17-37(53)43-47-33-21-19-31(27-35(33)49-43)39-23-24-40(57-39)32-20-22-34-36(28-32)50-44(48-34)38-18-12-26-54(38)46(56)42(52(3)4)30-15-9-6-10-16-30/h5-10,13-16,19-24,27-28,37-38,41-42H,11-12,17-18,25-26H2,1-4H3,(H,47,49)(H,48,50)/t37-,38-,41+,42+/m0/s1. The number of aromatic nitrogens is 4. The molecule has 2 aliphatic heterocycles. The van der Waals surface area contributed by atoms with Crippen LogP contribution in [0.2, 0.25) is 0 Å². The van der Waals surface area contributed by atoms with Crippen LogP contribution in [0.1, 0.15) is 72.6 Å². The van der Waals surface area contributed by atoms with E-state index in [0.29, 0.717) is 13.1 Å². The minimum absolute atomic E-state index is 0.0927. The number of imidazole rings is 2. The Hall–Kier alpha value is -6.04. The maximum atomic E-state index is 14.0. The van der Waals surface area contributed by atoms with Crippen LogP contribution in [0.4, 0.5) is 0 Å². The lowest BCUT2D eigenvalue weighted by Crippen LogP contribution is -2.40. The number of benzene rings is 4. The lowest BCUT2D eigenvalue weighted by molar-refractivity contribution is -0.138. The quantitative estimate of drug-likeness (QED) is 0.144. The highest BCUT2D eigenvalue weighted by molar-refractivity contribution is 5.86. The number of hydrogen-bond acceptors (Lipinski definition) is 7. The second-order valence-corrected chi connectivity index (χ2v) is 15.8. The molecule has 0 saturated carbocycles. The summed E-state index contributed by atoms with van der Waals surface area (Å²) in [4.78, 5) is 53.0. The number of hydrogen-bond donors (Lipinski definition) is 2. The van der Waals surface area contributed by atoms with Crippen LogP contribution in [-0.4, -0.2) is 92.6 Å². The molecule has 2 aliphatic rings. The van der Waals surface area contributed by atoms with E-state index >= 15 is 0 Å². The predicted octanol–water partition coefficient (Wildman–Crippen LogP) is 8.30. The number of nitrogens with zero attached hydrogens (tertiary/aromatic N) is 6. The highest BCUT2D eigenvalue weighted by Crippen LogP contribution is 2.38. The number of aromatic amines is 2. The van der Waals surface area contributed by atoms with Crippen molar-refractivity contribution in [1.29, 1.82) is 0 Å². The summed E-state index contributed by atoms with van der Waals surface area (Å²) in [6.07, 6.45) is 3.58. The van der Waals surface area contributed by atoms with E-state index in [0.717, 1.165) is 93.2 Å². The topological polar surface area (TPSA) is 118 Å². The number of furan rings is 1. The Morgan fingerprint density at radius 2 is 1.04 bits per heavy atom. The van der Waals surface area contributed by atoms with Crippen LogP contribution in [-0.2, 0) is 9.59 Å². The maximum absolute atomic E-state index is 14.0. The summed E-state index contributed by atoms with van der Waals surface area (Å²) in [5, 5.41) is 0. The van der Waals surface area contributed by atoms with Crippen LogP contribution in [0, 0.1) is 0 Å². The smallest absolute Gasteiger partial charge is 0.245 e. The van der Waals surface area contributed by atoms with Gasteiger partial charge in [-0.15, -0.1) is 0 Å². The SMILES string of the molecule is CN(C)[C@@H](C(=O)N1CCC[C@H]1c1nc2ccc(-c3ccc(-c4ccc5nc([C@@H]6CCCN6C(=O)[C@@H](c6ccccc6)N(C)C)[nH]c5c4)o3)cc2[nH]1)c1ccccc1. The van der Waals surface area contributed by atoms with E-state index in [2.05, 4.69) is 22.1 Å². The number of H-pyrrole nitrogens is 2. The van der Waals surface area contributed by atoms with Gasteiger partial charge in [0, 0.05) is 24.2 Å².